The van der Waals surface area contributed by atoms with Gasteiger partial charge in [-0.05, 0) is 25.2 Å². The highest BCUT2D eigenvalue weighted by molar-refractivity contribution is 5.13. The Morgan fingerprint density at radius 3 is 2.44 bits per heavy atom. The van der Waals surface area contributed by atoms with Crippen molar-refractivity contribution in [2.75, 3.05) is 0 Å². The third-order valence-electron chi connectivity index (χ3n) is 4.27. The minimum absolute atomic E-state index is 0.259. The van der Waals surface area contributed by atoms with Crippen molar-refractivity contribution in [1.29, 1.82) is 0 Å². The fourth-order valence-corrected chi connectivity index (χ4v) is 3.22. The molecule has 2 N–H and O–H groups in total. The van der Waals surface area contributed by atoms with E-state index >= 15 is 0 Å². The van der Waals surface area contributed by atoms with Crippen molar-refractivity contribution < 1.29 is 0 Å². The molecule has 1 aliphatic rings. The van der Waals surface area contributed by atoms with Crippen LogP contribution in [-0.2, 0) is 18.5 Å². The van der Waals surface area contributed by atoms with E-state index in [0.29, 0.717) is 12.5 Å². The van der Waals surface area contributed by atoms with Gasteiger partial charge in [0.15, 0.2) is 0 Å². The minimum Gasteiger partial charge on any atom is -0.324 e. The number of rotatable bonds is 5. The van der Waals surface area contributed by atoms with Gasteiger partial charge in [0.2, 0.25) is 0 Å². The van der Waals surface area contributed by atoms with E-state index in [0.717, 1.165) is 18.8 Å². The molecule has 2 rings (SSSR count). The predicted octanol–water partition coefficient (Wildman–Crippen LogP) is 2.61. The summed E-state index contributed by atoms with van der Waals surface area (Å²) in [6.07, 6.45) is 6.31. The van der Waals surface area contributed by atoms with Gasteiger partial charge in [0.1, 0.15) is 11.6 Å². The zero-order valence-corrected chi connectivity index (χ0v) is 11.9. The lowest BCUT2D eigenvalue weighted by atomic mass is 9.82. The molecule has 1 aliphatic carbocycles. The Balaban J connectivity index is 2.39. The number of hydrogen-bond acceptors (Lipinski definition) is 3. The summed E-state index contributed by atoms with van der Waals surface area (Å²) < 4.78 is 2.29. The highest BCUT2D eigenvalue weighted by atomic mass is 15.3. The van der Waals surface area contributed by atoms with Gasteiger partial charge >= 0.3 is 0 Å². The maximum atomic E-state index is 5.80. The van der Waals surface area contributed by atoms with Crippen molar-refractivity contribution in [2.45, 2.75) is 71.4 Å². The highest BCUT2D eigenvalue weighted by Gasteiger charge is 2.38. The van der Waals surface area contributed by atoms with Crippen LogP contribution in [0.1, 0.15) is 64.5 Å². The zero-order valence-electron chi connectivity index (χ0n) is 11.9. The van der Waals surface area contributed by atoms with Crippen LogP contribution >= 0.6 is 0 Å². The summed E-state index contributed by atoms with van der Waals surface area (Å²) in [6, 6.07) is 0. The summed E-state index contributed by atoms with van der Waals surface area (Å²) in [5, 5.41) is 8.81. The van der Waals surface area contributed by atoms with Gasteiger partial charge in [-0.2, -0.15) is 0 Å². The first kappa shape index (κ1) is 13.5. The first-order chi connectivity index (χ1) is 8.63. The second-order valence-electron chi connectivity index (χ2n) is 5.99. The monoisotopic (exact) mass is 250 g/mol. The molecule has 1 aromatic rings. The number of aromatic nitrogens is 3. The Bertz CT molecular complexity index is 388. The van der Waals surface area contributed by atoms with Crippen LogP contribution in [0.2, 0.25) is 0 Å². The van der Waals surface area contributed by atoms with E-state index in [-0.39, 0.29) is 5.41 Å². The average molecular weight is 250 g/mol. The van der Waals surface area contributed by atoms with E-state index < -0.39 is 0 Å². The second-order valence-corrected chi connectivity index (χ2v) is 5.99. The molecule has 0 bridgehead atoms. The maximum absolute atomic E-state index is 5.80. The van der Waals surface area contributed by atoms with E-state index in [1.165, 1.54) is 31.5 Å². The van der Waals surface area contributed by atoms with Crippen molar-refractivity contribution >= 4 is 0 Å². The van der Waals surface area contributed by atoms with Gasteiger partial charge < -0.3 is 10.3 Å². The smallest absolute Gasteiger partial charge is 0.146 e. The molecule has 0 unspecified atom stereocenters. The topological polar surface area (TPSA) is 56.7 Å². The molecule has 0 amide bonds. The van der Waals surface area contributed by atoms with Gasteiger partial charge in [-0.3, -0.25) is 0 Å². The highest BCUT2D eigenvalue weighted by Crippen LogP contribution is 2.43. The first-order valence-electron chi connectivity index (χ1n) is 7.25. The number of nitrogens with zero attached hydrogens (tertiary/aromatic N) is 3. The van der Waals surface area contributed by atoms with Crippen LogP contribution in [0.15, 0.2) is 0 Å². The maximum Gasteiger partial charge on any atom is 0.146 e. The predicted molar refractivity (Wildman–Crippen MR) is 73.2 cm³/mol. The van der Waals surface area contributed by atoms with Crippen molar-refractivity contribution in [2.24, 2.45) is 11.7 Å². The van der Waals surface area contributed by atoms with E-state index in [1.54, 1.807) is 0 Å². The van der Waals surface area contributed by atoms with Gasteiger partial charge in [-0.1, -0.05) is 33.6 Å². The Kier molecular flexibility index (Phi) is 4.05. The molecule has 1 aromatic heterocycles. The molecule has 4 nitrogen and oxygen atoms in total. The molecule has 0 aliphatic heterocycles. The van der Waals surface area contributed by atoms with Crippen LogP contribution in [0.25, 0.3) is 0 Å². The lowest BCUT2D eigenvalue weighted by Crippen LogP contribution is -2.28. The molecule has 1 heterocycles. The standard InChI is InChI=1S/C14H26N4/c1-4-14(7-5-6-8-14)13-17-16-12(9-15)18(13)10-11(2)3/h11H,4-10,15H2,1-3H3. The van der Waals surface area contributed by atoms with Gasteiger partial charge in [-0.25, -0.2) is 0 Å². The number of hydrogen-bond donors (Lipinski definition) is 1. The van der Waals surface area contributed by atoms with Gasteiger partial charge in [0.25, 0.3) is 0 Å². The zero-order chi connectivity index (χ0) is 13.2. The summed E-state index contributed by atoms with van der Waals surface area (Å²) >= 11 is 0. The molecule has 102 valence electrons. The number of nitrogens with two attached hydrogens (primary N) is 1. The molecule has 0 aromatic carbocycles. The Morgan fingerprint density at radius 2 is 1.94 bits per heavy atom. The fourth-order valence-electron chi connectivity index (χ4n) is 3.22. The van der Waals surface area contributed by atoms with Crippen LogP contribution in [-0.4, -0.2) is 14.8 Å². The summed E-state index contributed by atoms with van der Waals surface area (Å²) in [6.45, 7) is 8.21. The molecule has 1 saturated carbocycles. The summed E-state index contributed by atoms with van der Waals surface area (Å²) in [5.41, 5.74) is 6.06. The summed E-state index contributed by atoms with van der Waals surface area (Å²) in [4.78, 5) is 0. The van der Waals surface area contributed by atoms with Crippen LogP contribution < -0.4 is 5.73 Å². The average Bonchev–Trinajstić information content (AvgIpc) is 2.95. The van der Waals surface area contributed by atoms with E-state index in [9.17, 15) is 0 Å². The van der Waals surface area contributed by atoms with Crippen LogP contribution in [0.4, 0.5) is 0 Å². The fraction of sp³-hybridized carbons (Fsp3) is 0.857. The lowest BCUT2D eigenvalue weighted by molar-refractivity contribution is 0.363. The summed E-state index contributed by atoms with van der Waals surface area (Å²) in [7, 11) is 0. The van der Waals surface area contributed by atoms with Crippen molar-refractivity contribution in [3.63, 3.8) is 0 Å². The van der Waals surface area contributed by atoms with E-state index in [1.807, 2.05) is 0 Å². The molecular formula is C14H26N4. The van der Waals surface area contributed by atoms with Gasteiger partial charge in [-0.15, -0.1) is 10.2 Å². The Hall–Kier alpha value is -0.900. The van der Waals surface area contributed by atoms with Gasteiger partial charge in [0, 0.05) is 12.0 Å². The normalized spacial score (nSPS) is 18.7. The first-order valence-corrected chi connectivity index (χ1v) is 7.25. The van der Waals surface area contributed by atoms with Crippen LogP contribution in [0.5, 0.6) is 0 Å². The van der Waals surface area contributed by atoms with Crippen molar-refractivity contribution in [1.82, 2.24) is 14.8 Å². The van der Waals surface area contributed by atoms with Crippen LogP contribution in [0.3, 0.4) is 0 Å². The third-order valence-corrected chi connectivity index (χ3v) is 4.27. The quantitative estimate of drug-likeness (QED) is 0.874. The van der Waals surface area contributed by atoms with Crippen molar-refractivity contribution in [3.05, 3.63) is 11.6 Å². The molecular weight excluding hydrogens is 224 g/mol. The molecule has 0 spiro atoms. The lowest BCUT2D eigenvalue weighted by Gasteiger charge is -2.28. The largest absolute Gasteiger partial charge is 0.324 e. The van der Waals surface area contributed by atoms with E-state index in [4.69, 9.17) is 5.73 Å². The Labute approximate surface area is 110 Å². The second kappa shape index (κ2) is 5.39. The molecule has 0 atom stereocenters. The molecule has 4 heteroatoms. The summed E-state index contributed by atoms with van der Waals surface area (Å²) in [5.74, 6) is 2.73. The van der Waals surface area contributed by atoms with Gasteiger partial charge in [0.05, 0.1) is 6.54 Å². The molecule has 1 fully saturated rings. The Morgan fingerprint density at radius 1 is 1.28 bits per heavy atom. The molecule has 0 radical (unpaired) electrons. The van der Waals surface area contributed by atoms with E-state index in [2.05, 4.69) is 35.5 Å². The third kappa shape index (κ3) is 2.30. The van der Waals surface area contributed by atoms with Crippen LogP contribution in [0, 0.1) is 5.92 Å². The SMILES string of the molecule is CCC1(c2nnc(CN)n2CC(C)C)CCCC1. The molecule has 0 saturated heterocycles. The molecule has 18 heavy (non-hydrogen) atoms. The minimum atomic E-state index is 0.259. The van der Waals surface area contributed by atoms with Crippen molar-refractivity contribution in [3.8, 4) is 0 Å².